The molecule has 0 heterocycles. The molecule has 86 valence electrons. The summed E-state index contributed by atoms with van der Waals surface area (Å²) in [5, 5.41) is 3.36. The summed E-state index contributed by atoms with van der Waals surface area (Å²) in [7, 11) is 0. The maximum Gasteiger partial charge on any atom is 0.0591 e. The highest BCUT2D eigenvalue weighted by Crippen LogP contribution is 2.00. The standard InChI is InChI=1S/C11H24ClNO/c1-10(2)9-14-7-6-13-8-11(3)4-5-12/h10-11,13H,4-9H2,1-3H3. The third kappa shape index (κ3) is 10.3. The van der Waals surface area contributed by atoms with E-state index in [2.05, 4.69) is 26.1 Å². The second-order valence-corrected chi connectivity index (χ2v) is 4.63. The van der Waals surface area contributed by atoms with Crippen LogP contribution in [0.1, 0.15) is 27.2 Å². The number of ether oxygens (including phenoxy) is 1. The van der Waals surface area contributed by atoms with Crippen molar-refractivity contribution in [2.75, 3.05) is 32.2 Å². The predicted octanol–water partition coefficient (Wildman–Crippen LogP) is 2.51. The number of alkyl halides is 1. The molecule has 0 amide bonds. The van der Waals surface area contributed by atoms with Crippen LogP contribution in [0.5, 0.6) is 0 Å². The van der Waals surface area contributed by atoms with Gasteiger partial charge in [-0.2, -0.15) is 0 Å². The van der Waals surface area contributed by atoms with E-state index in [0.29, 0.717) is 11.8 Å². The summed E-state index contributed by atoms with van der Waals surface area (Å²) in [5.41, 5.74) is 0. The Labute approximate surface area is 93.4 Å². The van der Waals surface area contributed by atoms with Gasteiger partial charge >= 0.3 is 0 Å². The molecule has 0 rings (SSSR count). The summed E-state index contributed by atoms with van der Waals surface area (Å²) in [4.78, 5) is 0. The molecule has 1 N–H and O–H groups in total. The van der Waals surface area contributed by atoms with Crippen molar-refractivity contribution >= 4 is 11.6 Å². The van der Waals surface area contributed by atoms with Gasteiger partial charge in [-0.25, -0.2) is 0 Å². The van der Waals surface area contributed by atoms with Crippen LogP contribution in [0.15, 0.2) is 0 Å². The van der Waals surface area contributed by atoms with Gasteiger partial charge in [-0.05, 0) is 24.8 Å². The average Bonchev–Trinajstić information content (AvgIpc) is 2.11. The van der Waals surface area contributed by atoms with E-state index in [1.54, 1.807) is 0 Å². The largest absolute Gasteiger partial charge is 0.380 e. The summed E-state index contributed by atoms with van der Waals surface area (Å²) >= 11 is 5.64. The van der Waals surface area contributed by atoms with E-state index >= 15 is 0 Å². The Balaban J connectivity index is 3.05. The zero-order chi connectivity index (χ0) is 10.8. The lowest BCUT2D eigenvalue weighted by atomic mass is 10.1. The molecule has 1 atom stereocenters. The molecule has 0 aliphatic carbocycles. The minimum atomic E-state index is 0.630. The third-order valence-corrected chi connectivity index (χ3v) is 2.19. The van der Waals surface area contributed by atoms with Crippen molar-refractivity contribution in [2.45, 2.75) is 27.2 Å². The van der Waals surface area contributed by atoms with Crippen molar-refractivity contribution < 1.29 is 4.74 Å². The van der Waals surface area contributed by atoms with Crippen LogP contribution >= 0.6 is 11.6 Å². The number of hydrogen-bond donors (Lipinski definition) is 1. The van der Waals surface area contributed by atoms with Gasteiger partial charge in [-0.3, -0.25) is 0 Å². The predicted molar refractivity (Wildman–Crippen MR) is 63.0 cm³/mol. The summed E-state index contributed by atoms with van der Waals surface area (Å²) in [6, 6.07) is 0. The van der Waals surface area contributed by atoms with E-state index in [1.165, 1.54) is 0 Å². The van der Waals surface area contributed by atoms with Crippen molar-refractivity contribution in [1.29, 1.82) is 0 Å². The van der Waals surface area contributed by atoms with Gasteiger partial charge in [0.25, 0.3) is 0 Å². The van der Waals surface area contributed by atoms with Crippen LogP contribution in [0.4, 0.5) is 0 Å². The molecule has 0 aromatic heterocycles. The smallest absolute Gasteiger partial charge is 0.0591 e. The molecule has 0 fully saturated rings. The molecule has 14 heavy (non-hydrogen) atoms. The second kappa shape index (κ2) is 9.75. The molecule has 0 aromatic carbocycles. The van der Waals surface area contributed by atoms with Gasteiger partial charge in [0, 0.05) is 19.0 Å². The van der Waals surface area contributed by atoms with E-state index in [0.717, 1.165) is 38.6 Å². The first kappa shape index (κ1) is 14.2. The first-order valence-corrected chi connectivity index (χ1v) is 6.04. The molecule has 3 heteroatoms. The fourth-order valence-electron chi connectivity index (χ4n) is 1.10. The fourth-order valence-corrected chi connectivity index (χ4v) is 1.47. The molecule has 0 bridgehead atoms. The van der Waals surface area contributed by atoms with Crippen LogP contribution in [0.25, 0.3) is 0 Å². The van der Waals surface area contributed by atoms with Crippen molar-refractivity contribution in [2.24, 2.45) is 11.8 Å². The molecule has 0 aliphatic rings. The van der Waals surface area contributed by atoms with Gasteiger partial charge < -0.3 is 10.1 Å². The maximum atomic E-state index is 5.64. The van der Waals surface area contributed by atoms with Crippen LogP contribution in [0.3, 0.4) is 0 Å². The van der Waals surface area contributed by atoms with Gasteiger partial charge in [0.1, 0.15) is 0 Å². The van der Waals surface area contributed by atoms with Crippen LogP contribution in [0.2, 0.25) is 0 Å². The zero-order valence-electron chi connectivity index (χ0n) is 9.68. The number of nitrogens with one attached hydrogen (secondary N) is 1. The SMILES string of the molecule is CC(C)COCCNCC(C)CCCl. The second-order valence-electron chi connectivity index (χ2n) is 4.26. The van der Waals surface area contributed by atoms with Crippen LogP contribution in [-0.4, -0.2) is 32.2 Å². The highest BCUT2D eigenvalue weighted by Gasteiger charge is 1.99. The van der Waals surface area contributed by atoms with Gasteiger partial charge in [0.05, 0.1) is 6.61 Å². The Morgan fingerprint density at radius 2 is 2.00 bits per heavy atom. The number of hydrogen-bond acceptors (Lipinski definition) is 2. The Bertz CT molecular complexity index is 120. The normalized spacial score (nSPS) is 13.5. The van der Waals surface area contributed by atoms with Crippen molar-refractivity contribution in [1.82, 2.24) is 5.32 Å². The monoisotopic (exact) mass is 221 g/mol. The van der Waals surface area contributed by atoms with E-state index < -0.39 is 0 Å². The molecule has 2 nitrogen and oxygen atoms in total. The highest BCUT2D eigenvalue weighted by atomic mass is 35.5. The molecule has 0 spiro atoms. The molecular weight excluding hydrogens is 198 g/mol. The molecule has 0 aromatic rings. The zero-order valence-corrected chi connectivity index (χ0v) is 10.4. The van der Waals surface area contributed by atoms with Crippen molar-refractivity contribution in [3.63, 3.8) is 0 Å². The number of halogens is 1. The Morgan fingerprint density at radius 3 is 2.57 bits per heavy atom. The first-order valence-electron chi connectivity index (χ1n) is 5.51. The summed E-state index contributed by atoms with van der Waals surface area (Å²) < 4.78 is 5.45. The maximum absolute atomic E-state index is 5.64. The molecule has 1 unspecified atom stereocenters. The highest BCUT2D eigenvalue weighted by molar-refractivity contribution is 6.17. The van der Waals surface area contributed by atoms with Crippen molar-refractivity contribution in [3.8, 4) is 0 Å². The van der Waals surface area contributed by atoms with Gasteiger partial charge in [-0.1, -0.05) is 20.8 Å². The molecular formula is C11H24ClNO. The Hall–Kier alpha value is 0.210. The quantitative estimate of drug-likeness (QED) is 0.477. The third-order valence-electron chi connectivity index (χ3n) is 1.97. The van der Waals surface area contributed by atoms with E-state index in [4.69, 9.17) is 16.3 Å². The van der Waals surface area contributed by atoms with Crippen molar-refractivity contribution in [3.05, 3.63) is 0 Å². The lowest BCUT2D eigenvalue weighted by Gasteiger charge is -2.11. The summed E-state index contributed by atoms with van der Waals surface area (Å²) in [6.07, 6.45) is 1.08. The van der Waals surface area contributed by atoms with Crippen LogP contribution < -0.4 is 5.32 Å². The molecule has 0 radical (unpaired) electrons. The molecule has 0 saturated heterocycles. The van der Waals surface area contributed by atoms with Crippen LogP contribution in [-0.2, 0) is 4.74 Å². The first-order chi connectivity index (χ1) is 6.66. The average molecular weight is 222 g/mol. The lowest BCUT2D eigenvalue weighted by Crippen LogP contribution is -2.25. The summed E-state index contributed by atoms with van der Waals surface area (Å²) in [6.45, 7) is 10.2. The number of rotatable bonds is 9. The van der Waals surface area contributed by atoms with Gasteiger partial charge in [-0.15, -0.1) is 11.6 Å². The molecule has 0 aliphatic heterocycles. The minimum absolute atomic E-state index is 0.630. The summed E-state index contributed by atoms with van der Waals surface area (Å²) in [5.74, 6) is 2.05. The van der Waals surface area contributed by atoms with Gasteiger partial charge in [0.2, 0.25) is 0 Å². The molecule has 0 saturated carbocycles. The fraction of sp³-hybridized carbons (Fsp3) is 1.00. The van der Waals surface area contributed by atoms with Gasteiger partial charge in [0.15, 0.2) is 0 Å². The van der Waals surface area contributed by atoms with Crippen LogP contribution in [0, 0.1) is 11.8 Å². The Kier molecular flexibility index (Phi) is 9.90. The van der Waals surface area contributed by atoms with E-state index in [9.17, 15) is 0 Å². The minimum Gasteiger partial charge on any atom is -0.380 e. The topological polar surface area (TPSA) is 21.3 Å². The lowest BCUT2D eigenvalue weighted by molar-refractivity contribution is 0.111. The van der Waals surface area contributed by atoms with E-state index in [-0.39, 0.29) is 0 Å². The Morgan fingerprint density at radius 1 is 1.29 bits per heavy atom. The van der Waals surface area contributed by atoms with E-state index in [1.807, 2.05) is 0 Å².